The SMILES string of the molecule is Cc1ccccc1N(c1ccccc1)c1ccc2c(c1)C1(c3ccccc3-2)c2ccccc2-c2c1ccc1c2oc2ccccc21. The predicted molar refractivity (Wildman–Crippen MR) is 189 cm³/mol. The molecule has 0 bridgehead atoms. The summed E-state index contributed by atoms with van der Waals surface area (Å²) in [5.41, 5.74) is 16.3. The summed E-state index contributed by atoms with van der Waals surface area (Å²) < 4.78 is 6.71. The molecule has 2 aliphatic carbocycles. The van der Waals surface area contributed by atoms with E-state index >= 15 is 0 Å². The van der Waals surface area contributed by atoms with Gasteiger partial charge in [-0.05, 0) is 87.8 Å². The first-order valence-corrected chi connectivity index (χ1v) is 15.9. The molecule has 0 amide bonds. The lowest BCUT2D eigenvalue weighted by molar-refractivity contribution is 0.669. The number of nitrogens with zero attached hydrogens (tertiary/aromatic N) is 1. The highest BCUT2D eigenvalue weighted by atomic mass is 16.3. The lowest BCUT2D eigenvalue weighted by Crippen LogP contribution is -2.26. The van der Waals surface area contributed by atoms with Crippen molar-refractivity contribution in [3.05, 3.63) is 186 Å². The summed E-state index contributed by atoms with van der Waals surface area (Å²) in [5, 5.41) is 2.32. The Labute approximate surface area is 267 Å². The van der Waals surface area contributed by atoms with E-state index in [2.05, 4.69) is 170 Å². The molecule has 1 atom stereocenters. The zero-order valence-corrected chi connectivity index (χ0v) is 25.4. The van der Waals surface area contributed by atoms with E-state index in [0.29, 0.717) is 0 Å². The smallest absolute Gasteiger partial charge is 0.143 e. The number of rotatable bonds is 3. The molecular weight excluding hydrogens is 558 g/mol. The third-order valence-electron chi connectivity index (χ3n) is 10.2. The number of hydrogen-bond donors (Lipinski definition) is 0. The quantitative estimate of drug-likeness (QED) is 0.204. The summed E-state index contributed by atoms with van der Waals surface area (Å²) in [7, 11) is 0. The maximum atomic E-state index is 6.71. The van der Waals surface area contributed by atoms with Gasteiger partial charge in [0.25, 0.3) is 0 Å². The minimum absolute atomic E-state index is 0.477. The normalized spacial score (nSPS) is 15.6. The predicted octanol–water partition coefficient (Wildman–Crippen LogP) is 11.7. The Kier molecular flexibility index (Phi) is 5.16. The fraction of sp³-hybridized carbons (Fsp3) is 0.0455. The van der Waals surface area contributed by atoms with Gasteiger partial charge in [0.1, 0.15) is 11.2 Å². The van der Waals surface area contributed by atoms with E-state index < -0.39 is 5.41 Å². The molecule has 0 fully saturated rings. The van der Waals surface area contributed by atoms with Gasteiger partial charge in [-0.15, -0.1) is 0 Å². The highest BCUT2D eigenvalue weighted by Gasteiger charge is 2.52. The molecular formula is C44H29NO. The maximum Gasteiger partial charge on any atom is 0.143 e. The third kappa shape index (κ3) is 3.20. The van der Waals surface area contributed by atoms with Crippen molar-refractivity contribution in [2.75, 3.05) is 4.90 Å². The Bertz CT molecular complexity index is 2510. The molecule has 216 valence electrons. The Hall–Kier alpha value is -5.86. The molecule has 8 aromatic rings. The first-order valence-electron chi connectivity index (χ1n) is 15.9. The van der Waals surface area contributed by atoms with Gasteiger partial charge in [-0.3, -0.25) is 0 Å². The van der Waals surface area contributed by atoms with Crippen molar-refractivity contribution in [1.82, 2.24) is 0 Å². The van der Waals surface area contributed by atoms with Gasteiger partial charge < -0.3 is 9.32 Å². The summed E-state index contributed by atoms with van der Waals surface area (Å²) >= 11 is 0. The Morgan fingerprint density at radius 3 is 2.00 bits per heavy atom. The molecule has 0 radical (unpaired) electrons. The second-order valence-corrected chi connectivity index (χ2v) is 12.5. The fourth-order valence-electron chi connectivity index (χ4n) is 8.35. The third-order valence-corrected chi connectivity index (χ3v) is 10.2. The van der Waals surface area contributed by atoms with Crippen LogP contribution in [0.4, 0.5) is 17.1 Å². The Morgan fingerprint density at radius 2 is 1.15 bits per heavy atom. The molecule has 2 nitrogen and oxygen atoms in total. The van der Waals surface area contributed by atoms with Gasteiger partial charge in [0.2, 0.25) is 0 Å². The van der Waals surface area contributed by atoms with Crippen molar-refractivity contribution >= 4 is 39.0 Å². The largest absolute Gasteiger partial charge is 0.455 e. The van der Waals surface area contributed by atoms with Crippen molar-refractivity contribution in [2.45, 2.75) is 12.3 Å². The lowest BCUT2D eigenvalue weighted by Gasteiger charge is -2.32. The first-order chi connectivity index (χ1) is 22.7. The average molecular weight is 588 g/mol. The molecule has 0 saturated carbocycles. The second-order valence-electron chi connectivity index (χ2n) is 12.5. The van der Waals surface area contributed by atoms with E-state index in [0.717, 1.165) is 33.3 Å². The molecule has 46 heavy (non-hydrogen) atoms. The first kappa shape index (κ1) is 25.5. The molecule has 2 heteroatoms. The van der Waals surface area contributed by atoms with Crippen LogP contribution >= 0.6 is 0 Å². The van der Waals surface area contributed by atoms with Crippen LogP contribution in [0.25, 0.3) is 44.2 Å². The van der Waals surface area contributed by atoms with Crippen LogP contribution in [0.2, 0.25) is 0 Å². The van der Waals surface area contributed by atoms with Gasteiger partial charge in [0.05, 0.1) is 5.41 Å². The number of benzene rings is 7. The topological polar surface area (TPSA) is 16.4 Å². The minimum Gasteiger partial charge on any atom is -0.455 e. The van der Waals surface area contributed by atoms with Crippen molar-refractivity contribution in [3.8, 4) is 22.3 Å². The molecule has 0 saturated heterocycles. The molecule has 10 rings (SSSR count). The molecule has 0 N–H and O–H groups in total. The number of para-hydroxylation sites is 3. The van der Waals surface area contributed by atoms with E-state index in [9.17, 15) is 0 Å². The summed E-state index contributed by atoms with van der Waals surface area (Å²) in [4.78, 5) is 2.40. The minimum atomic E-state index is -0.477. The molecule has 0 aliphatic heterocycles. The van der Waals surface area contributed by atoms with Crippen LogP contribution < -0.4 is 4.90 Å². The lowest BCUT2D eigenvalue weighted by atomic mass is 9.70. The maximum absolute atomic E-state index is 6.71. The molecule has 1 heterocycles. The van der Waals surface area contributed by atoms with E-state index in [1.165, 1.54) is 55.8 Å². The Morgan fingerprint density at radius 1 is 0.478 bits per heavy atom. The van der Waals surface area contributed by atoms with E-state index in [4.69, 9.17) is 4.42 Å². The van der Waals surface area contributed by atoms with Crippen LogP contribution in [0, 0.1) is 6.92 Å². The van der Waals surface area contributed by atoms with E-state index in [1.54, 1.807) is 0 Å². The van der Waals surface area contributed by atoms with E-state index in [-0.39, 0.29) is 0 Å². The zero-order valence-electron chi connectivity index (χ0n) is 25.4. The van der Waals surface area contributed by atoms with Gasteiger partial charge in [-0.25, -0.2) is 0 Å². The molecule has 1 aromatic heterocycles. The van der Waals surface area contributed by atoms with Crippen LogP contribution in [0.3, 0.4) is 0 Å². The molecule has 1 unspecified atom stereocenters. The molecule has 7 aromatic carbocycles. The van der Waals surface area contributed by atoms with Gasteiger partial charge in [0, 0.05) is 33.4 Å². The van der Waals surface area contributed by atoms with Crippen LogP contribution in [0.5, 0.6) is 0 Å². The van der Waals surface area contributed by atoms with Crippen LogP contribution in [-0.2, 0) is 5.41 Å². The van der Waals surface area contributed by atoms with Crippen molar-refractivity contribution < 1.29 is 4.42 Å². The Balaban J connectivity index is 1.32. The van der Waals surface area contributed by atoms with E-state index in [1.807, 2.05) is 0 Å². The highest BCUT2D eigenvalue weighted by Crippen LogP contribution is 2.64. The second kappa shape index (κ2) is 9.32. The fourth-order valence-corrected chi connectivity index (χ4v) is 8.35. The number of furan rings is 1. The zero-order chi connectivity index (χ0) is 30.4. The molecule has 1 spiro atoms. The highest BCUT2D eigenvalue weighted by molar-refractivity contribution is 6.13. The number of anilines is 3. The number of hydrogen-bond acceptors (Lipinski definition) is 2. The van der Waals surface area contributed by atoms with Crippen molar-refractivity contribution in [3.63, 3.8) is 0 Å². The standard InChI is InChI=1S/C44H29NO/c1-28-13-5-11-21-40(28)45(29-14-3-2-4-15-29)30-23-24-32-31-16-6-9-19-36(31)44(39(32)27-30)37-20-10-7-18-35(37)42-38(44)26-25-34-33-17-8-12-22-41(33)46-43(34)42/h2-27H,1H3. The van der Waals surface area contributed by atoms with Gasteiger partial charge in [-0.2, -0.15) is 0 Å². The average Bonchev–Trinajstić information content (AvgIpc) is 3.73. The van der Waals surface area contributed by atoms with Crippen molar-refractivity contribution in [1.29, 1.82) is 0 Å². The van der Waals surface area contributed by atoms with Crippen LogP contribution in [0.15, 0.2) is 162 Å². The summed E-state index contributed by atoms with van der Waals surface area (Å²) in [6.07, 6.45) is 0. The van der Waals surface area contributed by atoms with Crippen LogP contribution in [0.1, 0.15) is 27.8 Å². The van der Waals surface area contributed by atoms with Gasteiger partial charge in [0.15, 0.2) is 0 Å². The summed E-state index contributed by atoms with van der Waals surface area (Å²) in [6, 6.07) is 57.4. The van der Waals surface area contributed by atoms with Crippen LogP contribution in [-0.4, -0.2) is 0 Å². The van der Waals surface area contributed by atoms with Crippen molar-refractivity contribution in [2.24, 2.45) is 0 Å². The van der Waals surface area contributed by atoms with Gasteiger partial charge in [-0.1, -0.05) is 121 Å². The summed E-state index contributed by atoms with van der Waals surface area (Å²) in [5.74, 6) is 0. The number of aryl methyl sites for hydroxylation is 1. The van der Waals surface area contributed by atoms with Gasteiger partial charge >= 0.3 is 0 Å². The molecule has 2 aliphatic rings. The monoisotopic (exact) mass is 587 g/mol. The summed E-state index contributed by atoms with van der Waals surface area (Å²) in [6.45, 7) is 2.19. The number of fused-ring (bicyclic) bond motifs is 14.